The Hall–Kier alpha value is -3.68. The van der Waals surface area contributed by atoms with E-state index in [0.717, 1.165) is 19.3 Å². The van der Waals surface area contributed by atoms with Gasteiger partial charge in [0, 0.05) is 28.1 Å². The fourth-order valence-electron chi connectivity index (χ4n) is 4.80. The van der Waals surface area contributed by atoms with Crippen molar-refractivity contribution >= 4 is 47.3 Å². The Morgan fingerprint density at radius 1 is 0.652 bits per heavy atom. The van der Waals surface area contributed by atoms with Gasteiger partial charge in [-0.3, -0.25) is 4.79 Å². The van der Waals surface area contributed by atoms with Crippen LogP contribution in [-0.2, 0) is 4.79 Å². The topological polar surface area (TPSA) is 94.1 Å². The van der Waals surface area contributed by atoms with Crippen LogP contribution in [-0.4, -0.2) is 24.1 Å². The molecular weight excluding hydrogens is 623 g/mol. The van der Waals surface area contributed by atoms with Crippen molar-refractivity contribution in [2.24, 2.45) is 5.10 Å². The van der Waals surface area contributed by atoms with Gasteiger partial charge in [-0.25, -0.2) is 15.0 Å². The lowest BCUT2D eigenvalue weighted by atomic mass is 10.0. The van der Waals surface area contributed by atoms with E-state index >= 15 is 0 Å². The van der Waals surface area contributed by atoms with E-state index < -0.39 is 11.9 Å². The first kappa shape index (κ1) is 36.8. The smallest absolute Gasteiger partial charge is 0.343 e. The van der Waals surface area contributed by atoms with Gasteiger partial charge in [0.2, 0.25) is 5.91 Å². The quantitative estimate of drug-likeness (QED) is 0.0426. The summed E-state index contributed by atoms with van der Waals surface area (Å²) in [6.45, 7) is 2.25. The number of rotatable bonds is 20. The number of hydrazone groups is 1. The van der Waals surface area contributed by atoms with Gasteiger partial charge in [-0.05, 0) is 67.1 Å². The standard InChI is InChI=1S/C37H44Cl2N2O5/c1-2-3-4-5-6-7-8-9-10-11-12-13-14-15-35(42)41-40-27-30-20-25-33(45-36(43)28-16-21-31(38)22-17-28)26-34(30)46-37(44)29-18-23-32(39)24-19-29/h16-27H,2-15H2,1H3,(H,41,42)/b40-27-. The summed E-state index contributed by atoms with van der Waals surface area (Å²) in [6.07, 6.45) is 17.9. The normalized spacial score (nSPS) is 11.0. The molecule has 0 heterocycles. The molecule has 0 unspecified atom stereocenters. The van der Waals surface area contributed by atoms with Crippen molar-refractivity contribution in [3.05, 3.63) is 93.5 Å². The SMILES string of the molecule is CCCCCCCCCCCCCCCC(=O)N/N=C\c1ccc(OC(=O)c2ccc(Cl)cc2)cc1OC(=O)c1ccc(Cl)cc1. The van der Waals surface area contributed by atoms with Crippen molar-refractivity contribution in [2.75, 3.05) is 0 Å². The number of benzene rings is 3. The molecule has 1 N–H and O–H groups in total. The first-order valence-corrected chi connectivity index (χ1v) is 17.0. The fourth-order valence-corrected chi connectivity index (χ4v) is 5.05. The predicted molar refractivity (Wildman–Crippen MR) is 185 cm³/mol. The maximum atomic E-state index is 12.8. The van der Waals surface area contributed by atoms with E-state index in [1.54, 1.807) is 60.7 Å². The summed E-state index contributed by atoms with van der Waals surface area (Å²) in [5.74, 6) is -1.18. The Morgan fingerprint density at radius 3 is 1.65 bits per heavy atom. The zero-order chi connectivity index (χ0) is 33.0. The van der Waals surface area contributed by atoms with Gasteiger partial charge in [0.15, 0.2) is 0 Å². The van der Waals surface area contributed by atoms with Gasteiger partial charge in [0.25, 0.3) is 0 Å². The van der Waals surface area contributed by atoms with E-state index in [9.17, 15) is 14.4 Å². The Labute approximate surface area is 282 Å². The van der Waals surface area contributed by atoms with Crippen LogP contribution >= 0.6 is 23.2 Å². The van der Waals surface area contributed by atoms with Crippen molar-refractivity contribution in [3.63, 3.8) is 0 Å². The van der Waals surface area contributed by atoms with Crippen LogP contribution < -0.4 is 14.9 Å². The summed E-state index contributed by atoms with van der Waals surface area (Å²) in [5, 5.41) is 5.04. The lowest BCUT2D eigenvalue weighted by Gasteiger charge is -2.11. The van der Waals surface area contributed by atoms with Gasteiger partial charge < -0.3 is 9.47 Å². The van der Waals surface area contributed by atoms with E-state index in [4.69, 9.17) is 32.7 Å². The summed E-state index contributed by atoms with van der Waals surface area (Å²) in [5.41, 5.74) is 3.53. The average molecular weight is 668 g/mol. The van der Waals surface area contributed by atoms with Crippen LogP contribution in [0.15, 0.2) is 71.8 Å². The van der Waals surface area contributed by atoms with E-state index in [-0.39, 0.29) is 23.0 Å². The Bertz CT molecular complexity index is 1410. The van der Waals surface area contributed by atoms with Crippen LogP contribution in [0.5, 0.6) is 11.5 Å². The number of hydrogen-bond donors (Lipinski definition) is 1. The van der Waals surface area contributed by atoms with E-state index in [0.29, 0.717) is 27.6 Å². The minimum atomic E-state index is -0.640. The summed E-state index contributed by atoms with van der Waals surface area (Å²) in [7, 11) is 0. The molecule has 9 heteroatoms. The largest absolute Gasteiger partial charge is 0.423 e. The van der Waals surface area contributed by atoms with Crippen molar-refractivity contribution < 1.29 is 23.9 Å². The van der Waals surface area contributed by atoms with Gasteiger partial charge in [0.05, 0.1) is 17.3 Å². The van der Waals surface area contributed by atoms with Crippen LogP contribution in [0.3, 0.4) is 0 Å². The molecule has 7 nitrogen and oxygen atoms in total. The predicted octanol–water partition coefficient (Wildman–Crippen LogP) is 10.4. The van der Waals surface area contributed by atoms with Crippen molar-refractivity contribution in [1.29, 1.82) is 0 Å². The van der Waals surface area contributed by atoms with Gasteiger partial charge in [-0.2, -0.15) is 5.10 Å². The number of carbonyl (C=O) groups is 3. The molecule has 0 aliphatic carbocycles. The average Bonchev–Trinajstić information content (AvgIpc) is 3.04. The van der Waals surface area contributed by atoms with Crippen LogP contribution in [0.25, 0.3) is 0 Å². The zero-order valence-corrected chi connectivity index (χ0v) is 28.1. The van der Waals surface area contributed by atoms with E-state index in [1.165, 1.54) is 76.5 Å². The minimum Gasteiger partial charge on any atom is -0.423 e. The monoisotopic (exact) mass is 666 g/mol. The van der Waals surface area contributed by atoms with Gasteiger partial charge in [-0.15, -0.1) is 0 Å². The number of nitrogens with zero attached hydrogens (tertiary/aromatic N) is 1. The molecule has 0 radical (unpaired) electrons. The van der Waals surface area contributed by atoms with Crippen LogP contribution in [0, 0.1) is 0 Å². The second-order valence-electron chi connectivity index (χ2n) is 11.3. The second-order valence-corrected chi connectivity index (χ2v) is 12.2. The zero-order valence-electron chi connectivity index (χ0n) is 26.6. The molecular formula is C37H44Cl2N2O5. The van der Waals surface area contributed by atoms with Crippen molar-refractivity contribution in [1.82, 2.24) is 5.43 Å². The molecule has 3 aromatic carbocycles. The number of nitrogens with one attached hydrogen (secondary N) is 1. The highest BCUT2D eigenvalue weighted by Crippen LogP contribution is 2.26. The first-order chi connectivity index (χ1) is 22.4. The number of unbranched alkanes of at least 4 members (excludes halogenated alkanes) is 12. The van der Waals surface area contributed by atoms with Crippen molar-refractivity contribution in [2.45, 2.75) is 96.8 Å². The number of halogens is 2. The molecule has 46 heavy (non-hydrogen) atoms. The molecule has 0 bridgehead atoms. The van der Waals surface area contributed by atoms with Crippen LogP contribution in [0.4, 0.5) is 0 Å². The highest BCUT2D eigenvalue weighted by atomic mass is 35.5. The summed E-state index contributed by atoms with van der Waals surface area (Å²) in [4.78, 5) is 37.8. The molecule has 246 valence electrons. The number of ether oxygens (including phenoxy) is 2. The van der Waals surface area contributed by atoms with Crippen molar-refractivity contribution in [3.8, 4) is 11.5 Å². The molecule has 0 saturated carbocycles. The number of carbonyl (C=O) groups excluding carboxylic acids is 3. The van der Waals surface area contributed by atoms with Crippen LogP contribution in [0.1, 0.15) is 123 Å². The Morgan fingerprint density at radius 2 is 1.13 bits per heavy atom. The highest BCUT2D eigenvalue weighted by Gasteiger charge is 2.15. The molecule has 0 aromatic heterocycles. The molecule has 0 spiro atoms. The molecule has 3 aromatic rings. The molecule has 0 fully saturated rings. The fraction of sp³-hybridized carbons (Fsp3) is 0.405. The summed E-state index contributed by atoms with van der Waals surface area (Å²) in [6, 6.07) is 17.1. The van der Waals surface area contributed by atoms with E-state index in [2.05, 4.69) is 17.5 Å². The highest BCUT2D eigenvalue weighted by molar-refractivity contribution is 6.31. The third kappa shape index (κ3) is 14.2. The molecule has 0 saturated heterocycles. The third-order valence-corrected chi connectivity index (χ3v) is 7.96. The van der Waals surface area contributed by atoms with Gasteiger partial charge >= 0.3 is 11.9 Å². The molecule has 3 rings (SSSR count). The maximum Gasteiger partial charge on any atom is 0.343 e. The third-order valence-electron chi connectivity index (χ3n) is 7.46. The molecule has 0 aliphatic rings. The minimum absolute atomic E-state index is 0.0934. The van der Waals surface area contributed by atoms with E-state index in [1.807, 2.05) is 0 Å². The Kier molecular flexibility index (Phi) is 16.9. The maximum absolute atomic E-state index is 12.8. The summed E-state index contributed by atoms with van der Waals surface area (Å²) < 4.78 is 11.1. The lowest BCUT2D eigenvalue weighted by Crippen LogP contribution is -2.17. The molecule has 1 amide bonds. The number of hydrogen-bond acceptors (Lipinski definition) is 6. The summed E-state index contributed by atoms with van der Waals surface area (Å²) >= 11 is 11.9. The Balaban J connectivity index is 1.48. The molecule has 0 aliphatic heterocycles. The van der Waals surface area contributed by atoms with Gasteiger partial charge in [0.1, 0.15) is 11.5 Å². The second kappa shape index (κ2) is 21.2. The first-order valence-electron chi connectivity index (χ1n) is 16.3. The number of esters is 2. The van der Waals surface area contributed by atoms with Gasteiger partial charge in [-0.1, -0.05) is 107 Å². The lowest BCUT2D eigenvalue weighted by molar-refractivity contribution is -0.121. The van der Waals surface area contributed by atoms with Crippen LogP contribution in [0.2, 0.25) is 10.0 Å². The number of amides is 1. The molecule has 0 atom stereocenters.